The summed E-state index contributed by atoms with van der Waals surface area (Å²) < 4.78 is 18.2. The van der Waals surface area contributed by atoms with Gasteiger partial charge in [0.25, 0.3) is 5.89 Å². The molecule has 17 heavy (non-hydrogen) atoms. The predicted octanol–water partition coefficient (Wildman–Crippen LogP) is 2.25. The van der Waals surface area contributed by atoms with Gasteiger partial charge in [0, 0.05) is 18.0 Å². The van der Waals surface area contributed by atoms with E-state index in [9.17, 15) is 4.39 Å². The Labute approximate surface area is 98.6 Å². The van der Waals surface area contributed by atoms with E-state index >= 15 is 0 Å². The highest BCUT2D eigenvalue weighted by atomic mass is 19.1. The fraction of sp³-hybridized carbons (Fsp3) is 0.333. The van der Waals surface area contributed by atoms with Crippen LogP contribution in [0.2, 0.25) is 0 Å². The van der Waals surface area contributed by atoms with Crippen molar-refractivity contribution < 1.29 is 8.91 Å². The molecule has 0 spiro atoms. The van der Waals surface area contributed by atoms with E-state index in [1.807, 2.05) is 6.92 Å². The maximum Gasteiger partial charge on any atom is 0.257 e. The van der Waals surface area contributed by atoms with Crippen molar-refractivity contribution in [1.82, 2.24) is 10.1 Å². The molecule has 1 heterocycles. The second kappa shape index (κ2) is 4.63. The van der Waals surface area contributed by atoms with Gasteiger partial charge in [-0.25, -0.2) is 4.39 Å². The Bertz CT molecular complexity index is 524. The zero-order valence-corrected chi connectivity index (χ0v) is 9.77. The standard InChI is InChI=1S/C12H14FN3O/c1-7-5-9(3-4-10(7)13)12-15-11(16-17-12)8(2)6-14/h3-5,8H,6,14H2,1-2H3. The fourth-order valence-corrected chi connectivity index (χ4v) is 1.44. The van der Waals surface area contributed by atoms with E-state index in [1.54, 1.807) is 19.1 Å². The van der Waals surface area contributed by atoms with Crippen LogP contribution in [-0.4, -0.2) is 16.7 Å². The van der Waals surface area contributed by atoms with E-state index in [0.717, 1.165) is 0 Å². The number of nitrogens with two attached hydrogens (primary N) is 1. The molecule has 2 rings (SSSR count). The van der Waals surface area contributed by atoms with E-state index in [4.69, 9.17) is 10.3 Å². The van der Waals surface area contributed by atoms with Crippen molar-refractivity contribution >= 4 is 0 Å². The largest absolute Gasteiger partial charge is 0.334 e. The highest BCUT2D eigenvalue weighted by Gasteiger charge is 2.14. The van der Waals surface area contributed by atoms with Crippen LogP contribution >= 0.6 is 0 Å². The number of benzene rings is 1. The maximum atomic E-state index is 13.1. The molecular formula is C12H14FN3O. The monoisotopic (exact) mass is 235 g/mol. The number of aryl methyl sites for hydroxylation is 1. The number of nitrogens with zero attached hydrogens (tertiary/aromatic N) is 2. The first-order chi connectivity index (χ1) is 8.11. The van der Waals surface area contributed by atoms with Crippen LogP contribution in [0.25, 0.3) is 11.5 Å². The van der Waals surface area contributed by atoms with Gasteiger partial charge in [0.1, 0.15) is 5.82 Å². The van der Waals surface area contributed by atoms with Gasteiger partial charge in [0.05, 0.1) is 0 Å². The summed E-state index contributed by atoms with van der Waals surface area (Å²) in [5, 5.41) is 3.86. The molecule has 1 unspecified atom stereocenters. The van der Waals surface area contributed by atoms with Crippen LogP contribution in [0.3, 0.4) is 0 Å². The third-order valence-corrected chi connectivity index (χ3v) is 2.64. The molecule has 0 aliphatic heterocycles. The van der Waals surface area contributed by atoms with Gasteiger partial charge >= 0.3 is 0 Å². The molecule has 2 N–H and O–H groups in total. The minimum atomic E-state index is -0.246. The average molecular weight is 235 g/mol. The highest BCUT2D eigenvalue weighted by molar-refractivity contribution is 5.54. The lowest BCUT2D eigenvalue weighted by atomic mass is 10.1. The Kier molecular flexibility index (Phi) is 3.19. The Morgan fingerprint density at radius 3 is 2.88 bits per heavy atom. The smallest absolute Gasteiger partial charge is 0.257 e. The van der Waals surface area contributed by atoms with E-state index in [0.29, 0.717) is 29.4 Å². The SMILES string of the molecule is Cc1cc(-c2nc(C(C)CN)no2)ccc1F. The van der Waals surface area contributed by atoms with Crippen LogP contribution in [0, 0.1) is 12.7 Å². The Hall–Kier alpha value is -1.75. The molecule has 0 bridgehead atoms. The van der Waals surface area contributed by atoms with Crippen LogP contribution in [0.5, 0.6) is 0 Å². The lowest BCUT2D eigenvalue weighted by Gasteiger charge is -1.99. The predicted molar refractivity (Wildman–Crippen MR) is 61.9 cm³/mol. The zero-order valence-electron chi connectivity index (χ0n) is 9.77. The summed E-state index contributed by atoms with van der Waals surface area (Å²) in [7, 11) is 0. The van der Waals surface area contributed by atoms with Crippen molar-refractivity contribution in [2.45, 2.75) is 19.8 Å². The molecular weight excluding hydrogens is 221 g/mol. The van der Waals surface area contributed by atoms with Gasteiger partial charge in [-0.05, 0) is 30.7 Å². The lowest BCUT2D eigenvalue weighted by molar-refractivity contribution is 0.418. The van der Waals surface area contributed by atoms with Gasteiger partial charge in [0.2, 0.25) is 0 Å². The molecule has 0 radical (unpaired) electrons. The van der Waals surface area contributed by atoms with Gasteiger partial charge in [-0.15, -0.1) is 0 Å². The summed E-state index contributed by atoms with van der Waals surface area (Å²) in [5.74, 6) is 0.769. The first kappa shape index (κ1) is 11.7. The molecule has 1 aromatic carbocycles. The van der Waals surface area contributed by atoms with E-state index in [-0.39, 0.29) is 11.7 Å². The van der Waals surface area contributed by atoms with E-state index in [2.05, 4.69) is 10.1 Å². The number of hydrogen-bond donors (Lipinski definition) is 1. The molecule has 4 nitrogen and oxygen atoms in total. The number of halogens is 1. The molecule has 0 saturated heterocycles. The van der Waals surface area contributed by atoms with Crippen molar-refractivity contribution in [2.24, 2.45) is 5.73 Å². The third-order valence-electron chi connectivity index (χ3n) is 2.64. The van der Waals surface area contributed by atoms with Crippen LogP contribution in [0.1, 0.15) is 24.2 Å². The minimum Gasteiger partial charge on any atom is -0.334 e. The first-order valence-electron chi connectivity index (χ1n) is 5.42. The molecule has 0 aliphatic rings. The summed E-state index contributed by atoms with van der Waals surface area (Å²) in [5.41, 5.74) is 6.79. The van der Waals surface area contributed by atoms with Crippen LogP contribution in [0.4, 0.5) is 4.39 Å². The summed E-state index contributed by atoms with van der Waals surface area (Å²) in [6.45, 7) is 4.07. The first-order valence-corrected chi connectivity index (χ1v) is 5.42. The second-order valence-corrected chi connectivity index (χ2v) is 4.06. The van der Waals surface area contributed by atoms with Crippen LogP contribution in [0.15, 0.2) is 22.7 Å². The zero-order chi connectivity index (χ0) is 12.4. The molecule has 2 aromatic rings. The van der Waals surface area contributed by atoms with Crippen molar-refractivity contribution in [2.75, 3.05) is 6.54 Å². The van der Waals surface area contributed by atoms with Gasteiger partial charge in [-0.1, -0.05) is 12.1 Å². The molecule has 90 valence electrons. The average Bonchev–Trinajstić information content (AvgIpc) is 2.81. The highest BCUT2D eigenvalue weighted by Crippen LogP contribution is 2.21. The van der Waals surface area contributed by atoms with Crippen LogP contribution in [-0.2, 0) is 0 Å². The Morgan fingerprint density at radius 1 is 1.47 bits per heavy atom. The number of rotatable bonds is 3. The molecule has 0 fully saturated rings. The van der Waals surface area contributed by atoms with Crippen molar-refractivity contribution in [3.8, 4) is 11.5 Å². The van der Waals surface area contributed by atoms with Crippen molar-refractivity contribution in [3.05, 3.63) is 35.4 Å². The lowest BCUT2D eigenvalue weighted by Crippen LogP contribution is -2.10. The van der Waals surface area contributed by atoms with Crippen LogP contribution < -0.4 is 5.73 Å². The van der Waals surface area contributed by atoms with Crippen molar-refractivity contribution in [1.29, 1.82) is 0 Å². The molecule has 0 amide bonds. The fourth-order valence-electron chi connectivity index (χ4n) is 1.44. The Morgan fingerprint density at radius 2 is 2.24 bits per heavy atom. The molecule has 0 saturated carbocycles. The second-order valence-electron chi connectivity index (χ2n) is 4.06. The number of hydrogen-bond acceptors (Lipinski definition) is 4. The summed E-state index contributed by atoms with van der Waals surface area (Å²) in [6, 6.07) is 4.69. The Balaban J connectivity index is 2.33. The third kappa shape index (κ3) is 2.34. The van der Waals surface area contributed by atoms with Gasteiger partial charge in [-0.3, -0.25) is 0 Å². The maximum absolute atomic E-state index is 13.1. The topological polar surface area (TPSA) is 64.9 Å². The van der Waals surface area contributed by atoms with Gasteiger partial charge in [-0.2, -0.15) is 4.98 Å². The van der Waals surface area contributed by atoms with Gasteiger partial charge < -0.3 is 10.3 Å². The number of aromatic nitrogens is 2. The molecule has 5 heteroatoms. The minimum absolute atomic E-state index is 0.0500. The normalized spacial score (nSPS) is 12.7. The summed E-state index contributed by atoms with van der Waals surface area (Å²) >= 11 is 0. The molecule has 1 atom stereocenters. The molecule has 1 aromatic heterocycles. The summed E-state index contributed by atoms with van der Waals surface area (Å²) in [4.78, 5) is 4.24. The van der Waals surface area contributed by atoms with Gasteiger partial charge in [0.15, 0.2) is 5.82 Å². The van der Waals surface area contributed by atoms with Crippen molar-refractivity contribution in [3.63, 3.8) is 0 Å². The quantitative estimate of drug-likeness (QED) is 0.886. The van der Waals surface area contributed by atoms with E-state index in [1.165, 1.54) is 6.07 Å². The molecule has 0 aliphatic carbocycles. The summed E-state index contributed by atoms with van der Waals surface area (Å²) in [6.07, 6.45) is 0. The van der Waals surface area contributed by atoms with E-state index < -0.39 is 0 Å².